The Balaban J connectivity index is 1.25. The highest BCUT2D eigenvalue weighted by atomic mass is 14.9. The van der Waals surface area contributed by atoms with Crippen LogP contribution in [0.4, 0.5) is 0 Å². The fourth-order valence-electron chi connectivity index (χ4n) is 4.65. The first kappa shape index (κ1) is 12.0. The average Bonchev–Trinajstić information content (AvgIpc) is 2.70. The van der Waals surface area contributed by atoms with Gasteiger partial charge in [-0.2, -0.15) is 0 Å². The third kappa shape index (κ3) is 2.39. The van der Waals surface area contributed by atoms with E-state index in [4.69, 9.17) is 0 Å². The molecule has 3 saturated carbocycles. The van der Waals surface area contributed by atoms with E-state index < -0.39 is 0 Å². The van der Waals surface area contributed by atoms with Gasteiger partial charge >= 0.3 is 0 Å². The zero-order chi connectivity index (χ0) is 11.8. The summed E-state index contributed by atoms with van der Waals surface area (Å²) in [6.07, 6.45) is 5.97. The predicted molar refractivity (Wildman–Crippen MR) is 71.9 cm³/mol. The maximum atomic E-state index is 3.68. The van der Waals surface area contributed by atoms with Gasteiger partial charge in [0.2, 0.25) is 0 Å². The van der Waals surface area contributed by atoms with Gasteiger partial charge in [0, 0.05) is 6.04 Å². The number of nitrogens with one attached hydrogen (secondary N) is 2. The maximum absolute atomic E-state index is 3.68. The molecule has 0 heterocycles. The third-order valence-corrected chi connectivity index (χ3v) is 5.36. The van der Waals surface area contributed by atoms with Crippen molar-refractivity contribution in [3.8, 4) is 0 Å². The molecular formula is C15H28N2. The Labute approximate surface area is 106 Å². The molecule has 3 aliphatic carbocycles. The Morgan fingerprint density at radius 2 is 1.76 bits per heavy atom. The van der Waals surface area contributed by atoms with Gasteiger partial charge in [-0.05, 0) is 74.9 Å². The lowest BCUT2D eigenvalue weighted by Gasteiger charge is -2.11. The molecule has 0 radical (unpaired) electrons. The summed E-state index contributed by atoms with van der Waals surface area (Å²) < 4.78 is 0. The van der Waals surface area contributed by atoms with Crippen molar-refractivity contribution in [2.45, 2.75) is 45.6 Å². The van der Waals surface area contributed by atoms with Crippen LogP contribution < -0.4 is 10.6 Å². The fraction of sp³-hybridized carbons (Fsp3) is 1.00. The highest BCUT2D eigenvalue weighted by Crippen LogP contribution is 2.69. The van der Waals surface area contributed by atoms with Crippen LogP contribution in [0, 0.1) is 29.6 Å². The van der Waals surface area contributed by atoms with Gasteiger partial charge in [0.05, 0.1) is 0 Å². The van der Waals surface area contributed by atoms with Crippen molar-refractivity contribution in [2.75, 3.05) is 19.6 Å². The first-order chi connectivity index (χ1) is 8.27. The predicted octanol–water partition coefficient (Wildman–Crippen LogP) is 2.26. The summed E-state index contributed by atoms with van der Waals surface area (Å²) in [6.45, 7) is 8.10. The maximum Gasteiger partial charge on any atom is 0.00103 e. The summed E-state index contributed by atoms with van der Waals surface area (Å²) >= 11 is 0. The third-order valence-electron chi connectivity index (χ3n) is 5.36. The van der Waals surface area contributed by atoms with Gasteiger partial charge in [0.1, 0.15) is 0 Å². The van der Waals surface area contributed by atoms with Gasteiger partial charge in [-0.15, -0.1) is 0 Å². The molecule has 4 unspecified atom stereocenters. The average molecular weight is 236 g/mol. The van der Waals surface area contributed by atoms with Crippen molar-refractivity contribution in [1.29, 1.82) is 0 Å². The lowest BCUT2D eigenvalue weighted by atomic mass is 10.0. The molecule has 0 aromatic carbocycles. The molecular weight excluding hydrogens is 208 g/mol. The molecule has 0 spiro atoms. The Hall–Kier alpha value is -0.0800. The molecule has 0 aliphatic heterocycles. The number of fused-ring (bicyclic) bond motifs is 5. The molecule has 4 atom stereocenters. The molecule has 2 bridgehead atoms. The van der Waals surface area contributed by atoms with E-state index in [0.29, 0.717) is 6.04 Å². The van der Waals surface area contributed by atoms with Crippen LogP contribution in [0.15, 0.2) is 0 Å². The van der Waals surface area contributed by atoms with Crippen LogP contribution >= 0.6 is 0 Å². The largest absolute Gasteiger partial charge is 0.316 e. The van der Waals surface area contributed by atoms with Gasteiger partial charge in [-0.1, -0.05) is 13.8 Å². The molecule has 98 valence electrons. The summed E-state index contributed by atoms with van der Waals surface area (Å²) in [5.74, 6) is 5.64. The van der Waals surface area contributed by atoms with Crippen molar-refractivity contribution < 1.29 is 0 Å². The SMILES string of the molecule is CC(C)NCCCNCC1C2C3CCC(C3)C12. The summed E-state index contributed by atoms with van der Waals surface area (Å²) in [5.41, 5.74) is 0. The molecule has 17 heavy (non-hydrogen) atoms. The van der Waals surface area contributed by atoms with E-state index in [1.54, 1.807) is 19.3 Å². The number of rotatable bonds is 7. The highest BCUT2D eigenvalue weighted by Gasteiger charge is 2.64. The molecule has 3 rings (SSSR count). The standard InChI is InChI=1S/C15H28N2/c1-10(2)17-7-3-6-16-9-13-14-11-4-5-12(8-11)15(13)14/h10-17H,3-9H2,1-2H3. The summed E-state index contributed by atoms with van der Waals surface area (Å²) in [7, 11) is 0. The minimum Gasteiger partial charge on any atom is -0.316 e. The van der Waals surface area contributed by atoms with Gasteiger partial charge in [-0.25, -0.2) is 0 Å². The molecule has 2 nitrogen and oxygen atoms in total. The molecule has 2 N–H and O–H groups in total. The first-order valence-corrected chi connectivity index (χ1v) is 7.71. The van der Waals surface area contributed by atoms with Crippen molar-refractivity contribution in [3.05, 3.63) is 0 Å². The Bertz CT molecular complexity index is 248. The van der Waals surface area contributed by atoms with E-state index >= 15 is 0 Å². The normalized spacial score (nSPS) is 42.2. The van der Waals surface area contributed by atoms with Crippen LogP contribution in [0.5, 0.6) is 0 Å². The van der Waals surface area contributed by atoms with Crippen molar-refractivity contribution in [2.24, 2.45) is 29.6 Å². The van der Waals surface area contributed by atoms with E-state index in [1.807, 2.05) is 0 Å². The van der Waals surface area contributed by atoms with Crippen LogP contribution in [0.1, 0.15) is 39.5 Å². The van der Waals surface area contributed by atoms with E-state index in [0.717, 1.165) is 36.1 Å². The van der Waals surface area contributed by atoms with E-state index in [9.17, 15) is 0 Å². The van der Waals surface area contributed by atoms with Gasteiger partial charge < -0.3 is 10.6 Å². The highest BCUT2D eigenvalue weighted by molar-refractivity contribution is 5.13. The monoisotopic (exact) mass is 236 g/mol. The minimum absolute atomic E-state index is 0.633. The van der Waals surface area contributed by atoms with Gasteiger partial charge in [0.15, 0.2) is 0 Å². The summed E-state index contributed by atoms with van der Waals surface area (Å²) in [4.78, 5) is 0. The fourth-order valence-corrected chi connectivity index (χ4v) is 4.65. The number of hydrogen-bond acceptors (Lipinski definition) is 2. The molecule has 2 heteroatoms. The minimum atomic E-state index is 0.633. The van der Waals surface area contributed by atoms with Crippen LogP contribution in [0.2, 0.25) is 0 Å². The second kappa shape index (κ2) is 4.89. The Morgan fingerprint density at radius 1 is 1.06 bits per heavy atom. The zero-order valence-electron chi connectivity index (χ0n) is 11.4. The first-order valence-electron chi connectivity index (χ1n) is 7.71. The van der Waals surface area contributed by atoms with E-state index in [2.05, 4.69) is 24.5 Å². The molecule has 3 aliphatic rings. The topological polar surface area (TPSA) is 24.1 Å². The zero-order valence-corrected chi connectivity index (χ0v) is 11.4. The van der Waals surface area contributed by atoms with Crippen LogP contribution in [0.25, 0.3) is 0 Å². The summed E-state index contributed by atoms with van der Waals surface area (Å²) in [6, 6.07) is 0.633. The molecule has 0 amide bonds. The second-order valence-electron chi connectivity index (χ2n) is 6.82. The Morgan fingerprint density at radius 3 is 2.41 bits per heavy atom. The molecule has 0 aromatic heterocycles. The lowest BCUT2D eigenvalue weighted by molar-refractivity contribution is 0.439. The van der Waals surface area contributed by atoms with Crippen molar-refractivity contribution in [3.63, 3.8) is 0 Å². The summed E-state index contributed by atoms with van der Waals surface area (Å²) in [5, 5.41) is 7.15. The van der Waals surface area contributed by atoms with E-state index in [1.165, 1.54) is 19.5 Å². The van der Waals surface area contributed by atoms with Crippen LogP contribution in [0.3, 0.4) is 0 Å². The smallest absolute Gasteiger partial charge is 0.00103 e. The van der Waals surface area contributed by atoms with Crippen molar-refractivity contribution >= 4 is 0 Å². The van der Waals surface area contributed by atoms with Gasteiger partial charge in [-0.3, -0.25) is 0 Å². The molecule has 0 aromatic rings. The Kier molecular flexibility index (Phi) is 3.45. The van der Waals surface area contributed by atoms with Crippen LogP contribution in [-0.4, -0.2) is 25.7 Å². The second-order valence-corrected chi connectivity index (χ2v) is 6.82. The van der Waals surface area contributed by atoms with Crippen LogP contribution in [-0.2, 0) is 0 Å². The van der Waals surface area contributed by atoms with Gasteiger partial charge in [0.25, 0.3) is 0 Å². The van der Waals surface area contributed by atoms with E-state index in [-0.39, 0.29) is 0 Å². The quantitative estimate of drug-likeness (QED) is 0.663. The van der Waals surface area contributed by atoms with Crippen molar-refractivity contribution in [1.82, 2.24) is 10.6 Å². The molecule has 3 fully saturated rings. The lowest BCUT2D eigenvalue weighted by Crippen LogP contribution is -2.28. The number of hydrogen-bond donors (Lipinski definition) is 2. The molecule has 0 saturated heterocycles.